The van der Waals surface area contributed by atoms with Crippen LogP contribution >= 0.6 is 0 Å². The molecule has 0 N–H and O–H groups in total. The highest BCUT2D eigenvalue weighted by Gasteiger charge is 2.26. The number of carbonyl (C=O) groups is 1. The number of allylic oxidation sites excluding steroid dienone is 1. The standard InChI is InChI=1S/C35H41NO3/c1-2-3-24-38-31-19-13-27-16-20-32(35(37)29-11-7-6-8-12-29)34(33(27)26-31)28-14-17-30(18-15-28)39-25-23-36-21-9-4-5-10-22-36/h6-8,11-15,17-19,26H,2-5,9-10,16,20-25H2,1H3. The van der Waals surface area contributed by atoms with E-state index in [9.17, 15) is 4.79 Å². The molecule has 5 rings (SSSR count). The third-order valence-electron chi connectivity index (χ3n) is 7.89. The van der Waals surface area contributed by atoms with E-state index in [1.54, 1.807) is 0 Å². The fourth-order valence-corrected chi connectivity index (χ4v) is 5.67. The molecule has 4 heteroatoms. The lowest BCUT2D eigenvalue weighted by Gasteiger charge is -2.24. The Morgan fingerprint density at radius 2 is 1.51 bits per heavy atom. The van der Waals surface area contributed by atoms with Crippen molar-refractivity contribution in [3.63, 3.8) is 0 Å². The maximum atomic E-state index is 13.8. The van der Waals surface area contributed by atoms with Crippen molar-refractivity contribution < 1.29 is 14.3 Å². The van der Waals surface area contributed by atoms with Crippen LogP contribution < -0.4 is 9.47 Å². The minimum absolute atomic E-state index is 0.103. The van der Waals surface area contributed by atoms with E-state index in [2.05, 4.69) is 42.2 Å². The van der Waals surface area contributed by atoms with E-state index in [0.29, 0.717) is 13.2 Å². The number of ketones is 1. The number of rotatable bonds is 11. The van der Waals surface area contributed by atoms with Gasteiger partial charge in [0.25, 0.3) is 0 Å². The molecule has 1 heterocycles. The molecule has 1 aliphatic carbocycles. The third kappa shape index (κ3) is 6.99. The average molecular weight is 524 g/mol. The SMILES string of the molecule is CCCCOc1ccc2c(c1)C(c1ccc(OCCN3CCCCCC3)cc1)=C(C(=O)c1ccccc1)CC2. The molecule has 0 bridgehead atoms. The molecule has 0 aromatic heterocycles. The van der Waals surface area contributed by atoms with Crippen molar-refractivity contribution in [2.24, 2.45) is 0 Å². The lowest BCUT2D eigenvalue weighted by atomic mass is 9.79. The zero-order valence-electron chi connectivity index (χ0n) is 23.3. The van der Waals surface area contributed by atoms with Crippen molar-refractivity contribution in [1.82, 2.24) is 4.90 Å². The Kier molecular flexibility index (Phi) is 9.50. The molecule has 3 aromatic carbocycles. The maximum absolute atomic E-state index is 13.8. The molecule has 0 radical (unpaired) electrons. The molecule has 204 valence electrons. The first kappa shape index (κ1) is 27.2. The number of unbranched alkanes of at least 4 members (excludes halogenated alkanes) is 1. The van der Waals surface area contributed by atoms with Crippen LogP contribution in [0.1, 0.15) is 78.9 Å². The summed E-state index contributed by atoms with van der Waals surface area (Å²) in [6.45, 7) is 6.89. The molecule has 0 atom stereocenters. The van der Waals surface area contributed by atoms with Gasteiger partial charge in [-0.25, -0.2) is 0 Å². The van der Waals surface area contributed by atoms with Crippen LogP contribution in [0.4, 0.5) is 0 Å². The molecule has 4 nitrogen and oxygen atoms in total. The summed E-state index contributed by atoms with van der Waals surface area (Å²) in [4.78, 5) is 16.3. The number of ether oxygens (including phenoxy) is 2. The highest BCUT2D eigenvalue weighted by Crippen LogP contribution is 2.39. The van der Waals surface area contributed by atoms with Crippen LogP contribution in [0.25, 0.3) is 5.57 Å². The molecule has 0 saturated carbocycles. The lowest BCUT2D eigenvalue weighted by molar-refractivity contribution is 0.103. The van der Waals surface area contributed by atoms with Crippen LogP contribution in [0.5, 0.6) is 11.5 Å². The minimum atomic E-state index is 0.103. The minimum Gasteiger partial charge on any atom is -0.494 e. The van der Waals surface area contributed by atoms with Crippen LogP contribution in [-0.4, -0.2) is 43.5 Å². The number of Topliss-reactive ketones (excluding diaryl/α,β-unsaturated/α-hetero) is 1. The Morgan fingerprint density at radius 1 is 0.795 bits per heavy atom. The summed E-state index contributed by atoms with van der Waals surface area (Å²) in [6, 6.07) is 24.3. The summed E-state index contributed by atoms with van der Waals surface area (Å²) < 4.78 is 12.2. The number of carbonyl (C=O) groups excluding carboxylic acids is 1. The zero-order chi connectivity index (χ0) is 26.9. The monoisotopic (exact) mass is 523 g/mol. The fraction of sp³-hybridized carbons (Fsp3) is 0.400. The molecule has 3 aromatic rings. The molecule has 2 aliphatic rings. The number of aryl methyl sites for hydroxylation is 1. The highest BCUT2D eigenvalue weighted by molar-refractivity contribution is 6.15. The second kappa shape index (κ2) is 13.6. The van der Waals surface area contributed by atoms with E-state index < -0.39 is 0 Å². The van der Waals surface area contributed by atoms with Crippen molar-refractivity contribution in [2.75, 3.05) is 32.8 Å². The van der Waals surface area contributed by atoms with Crippen LogP contribution in [0.15, 0.2) is 78.4 Å². The number of hydrogen-bond donors (Lipinski definition) is 0. The quantitative estimate of drug-likeness (QED) is 0.190. The number of nitrogens with zero attached hydrogens (tertiary/aromatic N) is 1. The van der Waals surface area contributed by atoms with Gasteiger partial charge in [-0.05, 0) is 91.7 Å². The van der Waals surface area contributed by atoms with Gasteiger partial charge < -0.3 is 9.47 Å². The van der Waals surface area contributed by atoms with E-state index in [4.69, 9.17) is 9.47 Å². The van der Waals surface area contributed by atoms with Gasteiger partial charge in [-0.1, -0.05) is 74.7 Å². The number of hydrogen-bond acceptors (Lipinski definition) is 4. The molecular weight excluding hydrogens is 482 g/mol. The Balaban J connectivity index is 1.41. The molecular formula is C35H41NO3. The molecule has 1 fully saturated rings. The van der Waals surface area contributed by atoms with Crippen LogP contribution in [0.3, 0.4) is 0 Å². The van der Waals surface area contributed by atoms with E-state index in [1.165, 1.54) is 44.3 Å². The fourth-order valence-electron chi connectivity index (χ4n) is 5.67. The van der Waals surface area contributed by atoms with Crippen LogP contribution in [0.2, 0.25) is 0 Å². The van der Waals surface area contributed by atoms with Gasteiger partial charge in [-0.2, -0.15) is 0 Å². The van der Waals surface area contributed by atoms with Gasteiger partial charge >= 0.3 is 0 Å². The van der Waals surface area contributed by atoms with Gasteiger partial charge in [0.1, 0.15) is 18.1 Å². The van der Waals surface area contributed by atoms with Gasteiger partial charge in [0, 0.05) is 17.7 Å². The molecule has 1 saturated heterocycles. The smallest absolute Gasteiger partial charge is 0.189 e. The van der Waals surface area contributed by atoms with Crippen molar-refractivity contribution in [1.29, 1.82) is 0 Å². The van der Waals surface area contributed by atoms with E-state index in [-0.39, 0.29) is 5.78 Å². The summed E-state index contributed by atoms with van der Waals surface area (Å²) in [7, 11) is 0. The summed E-state index contributed by atoms with van der Waals surface area (Å²) in [6.07, 6.45) is 8.97. The van der Waals surface area contributed by atoms with Crippen molar-refractivity contribution in [2.45, 2.75) is 58.3 Å². The van der Waals surface area contributed by atoms with Crippen molar-refractivity contribution in [3.05, 3.63) is 101 Å². The predicted octanol–water partition coefficient (Wildman–Crippen LogP) is 7.75. The van der Waals surface area contributed by atoms with E-state index in [0.717, 1.165) is 71.6 Å². The first-order valence-corrected chi connectivity index (χ1v) is 14.8. The Labute approximate surface area is 233 Å². The first-order chi connectivity index (χ1) is 19.2. The average Bonchev–Trinajstić information content (AvgIpc) is 3.26. The second-order valence-electron chi connectivity index (χ2n) is 10.7. The second-order valence-corrected chi connectivity index (χ2v) is 10.7. The van der Waals surface area contributed by atoms with Gasteiger partial charge in [-0.3, -0.25) is 9.69 Å². The van der Waals surface area contributed by atoms with Crippen LogP contribution in [0, 0.1) is 0 Å². The normalized spacial score (nSPS) is 15.9. The highest BCUT2D eigenvalue weighted by atomic mass is 16.5. The zero-order valence-corrected chi connectivity index (χ0v) is 23.3. The first-order valence-electron chi connectivity index (χ1n) is 14.8. The molecule has 0 spiro atoms. The van der Waals surface area contributed by atoms with Gasteiger partial charge in [0.15, 0.2) is 5.78 Å². The third-order valence-corrected chi connectivity index (χ3v) is 7.89. The Hall–Kier alpha value is -3.37. The molecule has 0 unspecified atom stereocenters. The van der Waals surface area contributed by atoms with Gasteiger partial charge in [0.05, 0.1) is 6.61 Å². The number of benzene rings is 3. The van der Waals surface area contributed by atoms with Crippen molar-refractivity contribution in [3.8, 4) is 11.5 Å². The summed E-state index contributed by atoms with van der Waals surface area (Å²) in [5, 5.41) is 0. The van der Waals surface area contributed by atoms with Gasteiger partial charge in [0.2, 0.25) is 0 Å². The topological polar surface area (TPSA) is 38.8 Å². The molecule has 39 heavy (non-hydrogen) atoms. The predicted molar refractivity (Wildman–Crippen MR) is 159 cm³/mol. The largest absolute Gasteiger partial charge is 0.494 e. The maximum Gasteiger partial charge on any atom is 0.189 e. The number of fused-ring (bicyclic) bond motifs is 1. The van der Waals surface area contributed by atoms with Gasteiger partial charge in [-0.15, -0.1) is 0 Å². The molecule has 1 aliphatic heterocycles. The van der Waals surface area contributed by atoms with Crippen molar-refractivity contribution >= 4 is 11.4 Å². The summed E-state index contributed by atoms with van der Waals surface area (Å²) >= 11 is 0. The summed E-state index contributed by atoms with van der Waals surface area (Å²) in [5.41, 5.74) is 6.02. The lowest BCUT2D eigenvalue weighted by Crippen LogP contribution is -2.29. The molecule has 0 amide bonds. The van der Waals surface area contributed by atoms with Crippen LogP contribution in [-0.2, 0) is 6.42 Å². The van der Waals surface area contributed by atoms with E-state index >= 15 is 0 Å². The Morgan fingerprint density at radius 3 is 2.26 bits per heavy atom. The number of likely N-dealkylation sites (tertiary alicyclic amines) is 1. The Bertz CT molecular complexity index is 1250. The van der Waals surface area contributed by atoms with E-state index in [1.807, 2.05) is 42.5 Å². The summed E-state index contributed by atoms with van der Waals surface area (Å²) in [5.74, 6) is 1.84.